The second-order valence-corrected chi connectivity index (χ2v) is 6.49. The predicted molar refractivity (Wildman–Crippen MR) is 90.0 cm³/mol. The van der Waals surface area contributed by atoms with Crippen LogP contribution in [0.4, 0.5) is 0 Å². The molecule has 0 saturated carbocycles. The van der Waals surface area contributed by atoms with Gasteiger partial charge in [-0.05, 0) is 23.8 Å². The number of thioether (sulfide) groups is 1. The molecule has 0 unspecified atom stereocenters. The lowest BCUT2D eigenvalue weighted by Gasteiger charge is -2.27. The van der Waals surface area contributed by atoms with Gasteiger partial charge in [-0.3, -0.25) is 9.69 Å². The van der Waals surface area contributed by atoms with Crippen LogP contribution in [0.3, 0.4) is 0 Å². The third-order valence-corrected chi connectivity index (χ3v) is 4.66. The van der Waals surface area contributed by atoms with Crippen molar-refractivity contribution in [3.05, 3.63) is 64.8 Å². The molecule has 1 fully saturated rings. The number of nitrogens with one attached hydrogen (secondary N) is 1. The monoisotopic (exact) mass is 343 g/mol. The van der Waals surface area contributed by atoms with Crippen LogP contribution in [0.1, 0.15) is 17.3 Å². The number of benzene rings is 1. The van der Waals surface area contributed by atoms with Crippen LogP contribution in [0.15, 0.2) is 53.6 Å². The third kappa shape index (κ3) is 3.06. The van der Waals surface area contributed by atoms with Gasteiger partial charge in [-0.1, -0.05) is 54.3 Å². The van der Waals surface area contributed by atoms with Crippen molar-refractivity contribution < 1.29 is 14.7 Å². The molecule has 1 atom stereocenters. The van der Waals surface area contributed by atoms with Gasteiger partial charge in [0.2, 0.25) is 0 Å². The van der Waals surface area contributed by atoms with E-state index >= 15 is 0 Å². The van der Waals surface area contributed by atoms with Crippen molar-refractivity contribution in [3.8, 4) is 0 Å². The Morgan fingerprint density at radius 1 is 1.26 bits per heavy atom. The molecule has 1 aliphatic rings. The van der Waals surface area contributed by atoms with Gasteiger partial charge in [0, 0.05) is 11.9 Å². The van der Waals surface area contributed by atoms with Crippen LogP contribution in [-0.2, 0) is 9.59 Å². The molecule has 2 aromatic rings. The highest BCUT2D eigenvalue weighted by Gasteiger charge is 2.38. The number of carboxylic acids is 1. The molecule has 1 amide bonds. The summed E-state index contributed by atoms with van der Waals surface area (Å²) in [6.45, 7) is 0. The molecule has 2 heterocycles. The molecule has 1 aliphatic heterocycles. The number of nitrogens with zero attached hydrogens (tertiary/aromatic N) is 1. The number of carboxylic acid groups (broad SMARTS) is 1. The molecule has 7 heteroatoms. The van der Waals surface area contributed by atoms with Crippen molar-refractivity contribution in [2.45, 2.75) is 6.04 Å². The molecule has 0 aliphatic carbocycles. The zero-order valence-corrected chi connectivity index (χ0v) is 13.4. The second-order valence-electron chi connectivity index (χ2n) is 4.81. The van der Waals surface area contributed by atoms with Gasteiger partial charge in [-0.2, -0.15) is 0 Å². The SMILES string of the molecule is O=C([O-])[C@H](c1ccccc1)N1C(=O)/C(=C/c2ccc[nH]2)SC1=S. The average Bonchev–Trinajstić information content (AvgIpc) is 3.12. The molecule has 1 saturated heterocycles. The molecule has 1 aromatic carbocycles. The fourth-order valence-electron chi connectivity index (χ4n) is 2.30. The Balaban J connectivity index is 1.97. The Morgan fingerprint density at radius 2 is 2.00 bits per heavy atom. The molecule has 0 radical (unpaired) electrons. The Kier molecular flexibility index (Phi) is 4.31. The van der Waals surface area contributed by atoms with Gasteiger partial charge in [0.05, 0.1) is 10.9 Å². The largest absolute Gasteiger partial charge is 0.547 e. The first-order valence-electron chi connectivity index (χ1n) is 6.74. The minimum Gasteiger partial charge on any atom is -0.547 e. The molecule has 3 rings (SSSR count). The molecular formula is C16H11N2O3S2-. The number of carbonyl (C=O) groups is 2. The summed E-state index contributed by atoms with van der Waals surface area (Å²) >= 11 is 6.29. The number of rotatable bonds is 4. The third-order valence-electron chi connectivity index (χ3n) is 3.33. The lowest BCUT2D eigenvalue weighted by atomic mass is 10.1. The number of aromatic nitrogens is 1. The Hall–Kier alpha value is -2.38. The molecule has 116 valence electrons. The number of aromatic amines is 1. The van der Waals surface area contributed by atoms with E-state index in [0.29, 0.717) is 10.5 Å². The van der Waals surface area contributed by atoms with E-state index < -0.39 is 17.9 Å². The van der Waals surface area contributed by atoms with Crippen molar-refractivity contribution in [1.29, 1.82) is 0 Å². The first kappa shape index (κ1) is 15.5. The molecule has 0 bridgehead atoms. The highest BCUT2D eigenvalue weighted by atomic mass is 32.2. The second kappa shape index (κ2) is 6.39. The number of H-pyrrole nitrogens is 1. The van der Waals surface area contributed by atoms with Crippen molar-refractivity contribution in [2.75, 3.05) is 0 Å². The maximum Gasteiger partial charge on any atom is 0.267 e. The van der Waals surface area contributed by atoms with Crippen molar-refractivity contribution in [2.24, 2.45) is 0 Å². The predicted octanol–water partition coefficient (Wildman–Crippen LogP) is 1.71. The van der Waals surface area contributed by atoms with Crippen molar-refractivity contribution >= 4 is 46.3 Å². The number of hydrogen-bond donors (Lipinski definition) is 1. The highest BCUT2D eigenvalue weighted by Crippen LogP contribution is 2.37. The maximum atomic E-state index is 12.6. The summed E-state index contributed by atoms with van der Waals surface area (Å²) in [6, 6.07) is 10.8. The van der Waals surface area contributed by atoms with E-state index in [2.05, 4.69) is 4.98 Å². The zero-order valence-electron chi connectivity index (χ0n) is 11.8. The topological polar surface area (TPSA) is 76.2 Å². The fraction of sp³-hybridized carbons (Fsp3) is 0.0625. The maximum absolute atomic E-state index is 12.6. The number of carbonyl (C=O) groups excluding carboxylic acids is 2. The fourth-order valence-corrected chi connectivity index (χ4v) is 3.61. The van der Waals surface area contributed by atoms with Gasteiger partial charge in [0.1, 0.15) is 10.4 Å². The molecule has 0 spiro atoms. The lowest BCUT2D eigenvalue weighted by molar-refractivity contribution is -0.310. The van der Waals surface area contributed by atoms with Gasteiger partial charge in [0.25, 0.3) is 5.91 Å². The highest BCUT2D eigenvalue weighted by molar-refractivity contribution is 8.26. The molecule has 1 aromatic heterocycles. The van der Waals surface area contributed by atoms with Crippen LogP contribution < -0.4 is 5.11 Å². The summed E-state index contributed by atoms with van der Waals surface area (Å²) in [5.74, 6) is -1.80. The van der Waals surface area contributed by atoms with Crippen molar-refractivity contribution in [1.82, 2.24) is 9.88 Å². The molecule has 1 N–H and O–H groups in total. The summed E-state index contributed by atoms with van der Waals surface area (Å²) in [4.78, 5) is 28.6. The number of thiocarbonyl (C=S) groups is 1. The minimum atomic E-state index is -1.37. The van der Waals surface area contributed by atoms with Crippen LogP contribution in [0.2, 0.25) is 0 Å². The van der Waals surface area contributed by atoms with Crippen LogP contribution in [-0.4, -0.2) is 26.1 Å². The van der Waals surface area contributed by atoms with E-state index in [1.54, 1.807) is 54.7 Å². The summed E-state index contributed by atoms with van der Waals surface area (Å²) in [5.41, 5.74) is 1.19. The standard InChI is InChI=1S/C16H12N2O3S2/c19-14-12(9-11-7-4-8-17-11)23-16(22)18(14)13(15(20)21)10-5-2-1-3-6-10/h1-9,13,17H,(H,20,21)/p-1/b12-9-/t13-/m0/s1. The zero-order chi connectivity index (χ0) is 16.4. The van der Waals surface area contributed by atoms with E-state index in [1.165, 1.54) is 0 Å². The van der Waals surface area contributed by atoms with E-state index in [0.717, 1.165) is 22.4 Å². The lowest BCUT2D eigenvalue weighted by Crippen LogP contribution is -2.43. The molecular weight excluding hydrogens is 332 g/mol. The van der Waals surface area contributed by atoms with E-state index in [9.17, 15) is 14.7 Å². The molecule has 23 heavy (non-hydrogen) atoms. The van der Waals surface area contributed by atoms with E-state index in [-0.39, 0.29) is 4.32 Å². The molecule has 5 nitrogen and oxygen atoms in total. The Bertz CT molecular complexity index is 785. The first-order valence-corrected chi connectivity index (χ1v) is 7.96. The average molecular weight is 343 g/mol. The first-order chi connectivity index (χ1) is 11.1. The minimum absolute atomic E-state index is 0.200. The van der Waals surface area contributed by atoms with Crippen LogP contribution >= 0.6 is 24.0 Å². The summed E-state index contributed by atoms with van der Waals surface area (Å²) in [7, 11) is 0. The Morgan fingerprint density at radius 3 is 2.61 bits per heavy atom. The van der Waals surface area contributed by atoms with Gasteiger partial charge in [-0.15, -0.1) is 0 Å². The number of hydrogen-bond acceptors (Lipinski definition) is 5. The van der Waals surface area contributed by atoms with Gasteiger partial charge < -0.3 is 14.9 Å². The number of amides is 1. The van der Waals surface area contributed by atoms with Gasteiger partial charge in [-0.25, -0.2) is 0 Å². The van der Waals surface area contributed by atoms with Gasteiger partial charge in [0.15, 0.2) is 0 Å². The van der Waals surface area contributed by atoms with Gasteiger partial charge >= 0.3 is 0 Å². The summed E-state index contributed by atoms with van der Waals surface area (Å²) in [6.07, 6.45) is 3.39. The van der Waals surface area contributed by atoms with E-state index in [1.807, 2.05) is 0 Å². The number of aliphatic carboxylic acids is 1. The quantitative estimate of drug-likeness (QED) is 0.675. The normalized spacial score (nSPS) is 17.7. The Labute approximate surface area is 142 Å². The van der Waals surface area contributed by atoms with Crippen molar-refractivity contribution in [3.63, 3.8) is 0 Å². The van der Waals surface area contributed by atoms with Crippen LogP contribution in [0, 0.1) is 0 Å². The summed E-state index contributed by atoms with van der Waals surface area (Å²) < 4.78 is 0.200. The van der Waals surface area contributed by atoms with Crippen LogP contribution in [0.25, 0.3) is 6.08 Å². The van der Waals surface area contributed by atoms with Crippen LogP contribution in [0.5, 0.6) is 0 Å². The smallest absolute Gasteiger partial charge is 0.267 e. The summed E-state index contributed by atoms with van der Waals surface area (Å²) in [5, 5.41) is 11.6. The van der Waals surface area contributed by atoms with E-state index in [4.69, 9.17) is 12.2 Å².